The molecular formula is C12H15N3O2. The molecule has 0 bridgehead atoms. The molecule has 0 atom stereocenters. The van der Waals surface area contributed by atoms with E-state index in [1.54, 1.807) is 19.4 Å². The van der Waals surface area contributed by atoms with Gasteiger partial charge in [-0.2, -0.15) is 0 Å². The molecule has 2 heterocycles. The maximum absolute atomic E-state index is 5.53. The summed E-state index contributed by atoms with van der Waals surface area (Å²) in [5.74, 6) is 2.01. The van der Waals surface area contributed by atoms with E-state index in [1.165, 1.54) is 0 Å². The first kappa shape index (κ1) is 11.6. The minimum atomic E-state index is 0.212. The van der Waals surface area contributed by atoms with Crippen molar-refractivity contribution in [2.45, 2.75) is 26.7 Å². The summed E-state index contributed by atoms with van der Waals surface area (Å²) in [5.41, 5.74) is 1.60. The molecule has 0 spiro atoms. The van der Waals surface area contributed by atoms with E-state index in [0.29, 0.717) is 17.5 Å². The van der Waals surface area contributed by atoms with Gasteiger partial charge in [0.2, 0.25) is 5.89 Å². The van der Waals surface area contributed by atoms with E-state index in [1.807, 2.05) is 20.8 Å². The second-order valence-electron chi connectivity index (χ2n) is 4.14. The fourth-order valence-corrected chi connectivity index (χ4v) is 1.41. The summed E-state index contributed by atoms with van der Waals surface area (Å²) in [5, 5.41) is 7.95. The Balaban J connectivity index is 2.38. The summed E-state index contributed by atoms with van der Waals surface area (Å²) in [7, 11) is 1.62. The van der Waals surface area contributed by atoms with E-state index >= 15 is 0 Å². The molecule has 90 valence electrons. The Bertz CT molecular complexity index is 520. The topological polar surface area (TPSA) is 61.0 Å². The van der Waals surface area contributed by atoms with Crippen molar-refractivity contribution >= 4 is 0 Å². The average molecular weight is 233 g/mol. The lowest BCUT2D eigenvalue weighted by atomic mass is 10.2. The van der Waals surface area contributed by atoms with Gasteiger partial charge in [-0.25, -0.2) is 0 Å². The van der Waals surface area contributed by atoms with Crippen LogP contribution in [-0.2, 0) is 0 Å². The minimum absolute atomic E-state index is 0.212. The third-order valence-electron chi connectivity index (χ3n) is 2.43. The molecule has 0 N–H and O–H groups in total. The van der Waals surface area contributed by atoms with Crippen LogP contribution in [0.2, 0.25) is 0 Å². The molecule has 0 aromatic carbocycles. The van der Waals surface area contributed by atoms with Crippen molar-refractivity contribution in [3.8, 4) is 17.3 Å². The predicted molar refractivity (Wildman–Crippen MR) is 62.9 cm³/mol. The van der Waals surface area contributed by atoms with Crippen LogP contribution in [0, 0.1) is 6.92 Å². The number of nitrogens with zero attached hydrogens (tertiary/aromatic N) is 3. The molecule has 2 aromatic heterocycles. The predicted octanol–water partition coefficient (Wildman–Crippen LogP) is 2.57. The number of hydrogen-bond acceptors (Lipinski definition) is 5. The molecule has 0 amide bonds. The van der Waals surface area contributed by atoms with Crippen molar-refractivity contribution in [1.29, 1.82) is 0 Å². The summed E-state index contributed by atoms with van der Waals surface area (Å²) >= 11 is 0. The van der Waals surface area contributed by atoms with Crippen molar-refractivity contribution in [3.05, 3.63) is 23.7 Å². The minimum Gasteiger partial charge on any atom is -0.496 e. The lowest BCUT2D eigenvalue weighted by molar-refractivity contribution is 0.410. The highest BCUT2D eigenvalue weighted by Gasteiger charge is 2.13. The standard InChI is InChI=1S/C12H15N3O2/c1-7(2)11-14-15-12(17-11)9-5-10(16-4)8(3)6-13-9/h5-7H,1-4H3. The molecule has 5 nitrogen and oxygen atoms in total. The van der Waals surface area contributed by atoms with E-state index in [4.69, 9.17) is 9.15 Å². The van der Waals surface area contributed by atoms with Crippen LogP contribution in [0.25, 0.3) is 11.6 Å². The van der Waals surface area contributed by atoms with E-state index in [2.05, 4.69) is 15.2 Å². The summed E-state index contributed by atoms with van der Waals surface area (Å²) in [6, 6.07) is 1.80. The van der Waals surface area contributed by atoms with Crippen LogP contribution >= 0.6 is 0 Å². The first-order valence-corrected chi connectivity index (χ1v) is 5.46. The molecule has 0 aliphatic heterocycles. The van der Waals surface area contributed by atoms with Gasteiger partial charge < -0.3 is 9.15 Å². The van der Waals surface area contributed by atoms with Gasteiger partial charge >= 0.3 is 0 Å². The van der Waals surface area contributed by atoms with Gasteiger partial charge in [-0.3, -0.25) is 4.98 Å². The Morgan fingerprint density at radius 3 is 2.65 bits per heavy atom. The summed E-state index contributed by atoms with van der Waals surface area (Å²) in [6.07, 6.45) is 1.73. The fraction of sp³-hybridized carbons (Fsp3) is 0.417. The highest BCUT2D eigenvalue weighted by molar-refractivity contribution is 5.51. The quantitative estimate of drug-likeness (QED) is 0.815. The number of aryl methyl sites for hydroxylation is 1. The molecule has 0 saturated heterocycles. The fourth-order valence-electron chi connectivity index (χ4n) is 1.41. The van der Waals surface area contributed by atoms with Gasteiger partial charge in [0.05, 0.1) is 7.11 Å². The lowest BCUT2D eigenvalue weighted by Gasteiger charge is -2.04. The number of methoxy groups -OCH3 is 1. The van der Waals surface area contributed by atoms with Gasteiger partial charge in [0.25, 0.3) is 5.89 Å². The molecule has 2 aromatic rings. The molecule has 0 saturated carbocycles. The van der Waals surface area contributed by atoms with Gasteiger partial charge in [-0.05, 0) is 6.92 Å². The van der Waals surface area contributed by atoms with Gasteiger partial charge in [-0.15, -0.1) is 10.2 Å². The van der Waals surface area contributed by atoms with Gasteiger partial charge in [0.1, 0.15) is 11.4 Å². The second kappa shape index (κ2) is 4.53. The van der Waals surface area contributed by atoms with Crippen molar-refractivity contribution < 1.29 is 9.15 Å². The zero-order valence-corrected chi connectivity index (χ0v) is 10.4. The van der Waals surface area contributed by atoms with E-state index in [-0.39, 0.29) is 5.92 Å². The van der Waals surface area contributed by atoms with E-state index in [9.17, 15) is 0 Å². The molecule has 0 unspecified atom stereocenters. The highest BCUT2D eigenvalue weighted by Crippen LogP contribution is 2.24. The van der Waals surface area contributed by atoms with Gasteiger partial charge in [0, 0.05) is 23.7 Å². The smallest absolute Gasteiger partial charge is 0.266 e. The first-order valence-electron chi connectivity index (χ1n) is 5.46. The van der Waals surface area contributed by atoms with Crippen molar-refractivity contribution in [2.75, 3.05) is 7.11 Å². The third kappa shape index (κ3) is 2.27. The Labute approximate surface area is 99.8 Å². The first-order chi connectivity index (χ1) is 8.11. The van der Waals surface area contributed by atoms with Crippen LogP contribution < -0.4 is 4.74 Å². The Hall–Kier alpha value is -1.91. The Morgan fingerprint density at radius 1 is 1.29 bits per heavy atom. The van der Waals surface area contributed by atoms with Crippen LogP contribution in [0.4, 0.5) is 0 Å². The monoisotopic (exact) mass is 233 g/mol. The largest absolute Gasteiger partial charge is 0.496 e. The molecule has 0 aliphatic rings. The molecule has 0 fully saturated rings. The lowest BCUT2D eigenvalue weighted by Crippen LogP contribution is -1.91. The Kier molecular flexibility index (Phi) is 3.08. The molecule has 0 aliphatic carbocycles. The van der Waals surface area contributed by atoms with Gasteiger partial charge in [0.15, 0.2) is 0 Å². The second-order valence-corrected chi connectivity index (χ2v) is 4.14. The highest BCUT2D eigenvalue weighted by atomic mass is 16.5. The summed E-state index contributed by atoms with van der Waals surface area (Å²) < 4.78 is 10.8. The number of aromatic nitrogens is 3. The Morgan fingerprint density at radius 2 is 2.06 bits per heavy atom. The van der Waals surface area contributed by atoms with Crippen molar-refractivity contribution in [1.82, 2.24) is 15.2 Å². The zero-order chi connectivity index (χ0) is 12.4. The van der Waals surface area contributed by atoms with Crippen molar-refractivity contribution in [3.63, 3.8) is 0 Å². The maximum Gasteiger partial charge on any atom is 0.266 e. The molecule has 0 radical (unpaired) electrons. The summed E-state index contributed by atoms with van der Waals surface area (Å²) in [4.78, 5) is 4.25. The van der Waals surface area contributed by atoms with Crippen molar-refractivity contribution in [2.24, 2.45) is 0 Å². The molecule has 17 heavy (non-hydrogen) atoms. The van der Waals surface area contributed by atoms with Crippen LogP contribution in [0.15, 0.2) is 16.7 Å². The van der Waals surface area contributed by atoms with E-state index in [0.717, 1.165) is 11.3 Å². The zero-order valence-electron chi connectivity index (χ0n) is 10.4. The number of ether oxygens (including phenoxy) is 1. The van der Waals surface area contributed by atoms with Crippen LogP contribution in [-0.4, -0.2) is 22.3 Å². The molecule has 5 heteroatoms. The maximum atomic E-state index is 5.53. The van der Waals surface area contributed by atoms with Crippen LogP contribution in [0.5, 0.6) is 5.75 Å². The van der Waals surface area contributed by atoms with Gasteiger partial charge in [-0.1, -0.05) is 13.8 Å². The van der Waals surface area contributed by atoms with E-state index < -0.39 is 0 Å². The molecule has 2 rings (SSSR count). The third-order valence-corrected chi connectivity index (χ3v) is 2.43. The van der Waals surface area contributed by atoms with Crippen LogP contribution in [0.3, 0.4) is 0 Å². The average Bonchev–Trinajstić information content (AvgIpc) is 2.79. The number of pyridine rings is 1. The van der Waals surface area contributed by atoms with Crippen LogP contribution in [0.1, 0.15) is 31.2 Å². The SMILES string of the molecule is COc1cc(-c2nnc(C(C)C)o2)ncc1C. The number of rotatable bonds is 3. The number of hydrogen-bond donors (Lipinski definition) is 0. The molecular weight excluding hydrogens is 218 g/mol. The normalized spacial score (nSPS) is 10.9. The summed E-state index contributed by atoms with van der Waals surface area (Å²) in [6.45, 7) is 5.93.